The van der Waals surface area contributed by atoms with Gasteiger partial charge in [-0.1, -0.05) is 5.11 Å². The first-order valence-electron chi connectivity index (χ1n) is 8.98. The van der Waals surface area contributed by atoms with Crippen LogP contribution in [0.5, 0.6) is 0 Å². The molecule has 4 aromatic rings. The topological polar surface area (TPSA) is 99.0 Å². The lowest BCUT2D eigenvalue weighted by Crippen LogP contribution is -2.25. The van der Waals surface area contributed by atoms with E-state index in [-0.39, 0.29) is 0 Å². The average molecular weight is 386 g/mol. The number of nitrogens with one attached hydrogen (secondary N) is 2. The summed E-state index contributed by atoms with van der Waals surface area (Å²) in [5.41, 5.74) is 3.44. The molecule has 2 N–H and O–H groups in total. The maximum Gasteiger partial charge on any atom is 0.421 e. The summed E-state index contributed by atoms with van der Waals surface area (Å²) in [5, 5.41) is 20.1. The van der Waals surface area contributed by atoms with Crippen LogP contribution in [0, 0.1) is 0 Å². The Bertz CT molecular complexity index is 1100. The quantitative estimate of drug-likeness (QED) is 0.354. The van der Waals surface area contributed by atoms with Gasteiger partial charge in [0.15, 0.2) is 0 Å². The molecular formula is C20H20N9+. The highest BCUT2D eigenvalue weighted by atomic mass is 15.3. The molecule has 9 heteroatoms. The number of hydrogen-bond acceptors (Lipinski definition) is 6. The van der Waals surface area contributed by atoms with Gasteiger partial charge in [-0.25, -0.2) is 14.1 Å². The Labute approximate surface area is 167 Å². The third-order valence-corrected chi connectivity index (χ3v) is 4.17. The van der Waals surface area contributed by atoms with Crippen molar-refractivity contribution in [3.05, 3.63) is 73.3 Å². The molecule has 144 valence electrons. The second-order valence-electron chi connectivity index (χ2n) is 6.35. The standard InChI is InChI=1S/C20H19N9/c1-28-13-14-29(2)20(28)27-25-18-9-5-16(6-10-18)23-15-3-7-17(8-4-15)24-26-19-21-11-12-22-19/h3-14H,1-2H3,(H,21,22,24,25)/p+1. The van der Waals surface area contributed by atoms with Gasteiger partial charge in [0.25, 0.3) is 0 Å². The Morgan fingerprint density at radius 3 is 2.03 bits per heavy atom. The van der Waals surface area contributed by atoms with E-state index >= 15 is 0 Å². The van der Waals surface area contributed by atoms with Gasteiger partial charge in [0.05, 0.1) is 32.2 Å². The predicted molar refractivity (Wildman–Crippen MR) is 110 cm³/mol. The van der Waals surface area contributed by atoms with Gasteiger partial charge in [-0.15, -0.1) is 10.2 Å². The first-order chi connectivity index (χ1) is 14.2. The van der Waals surface area contributed by atoms with Crippen molar-refractivity contribution >= 4 is 34.6 Å². The van der Waals surface area contributed by atoms with E-state index in [9.17, 15) is 0 Å². The summed E-state index contributed by atoms with van der Waals surface area (Å²) in [5.74, 6) is 1.25. The van der Waals surface area contributed by atoms with Crippen LogP contribution in [0.15, 0.2) is 93.8 Å². The van der Waals surface area contributed by atoms with E-state index in [2.05, 4.69) is 35.7 Å². The van der Waals surface area contributed by atoms with E-state index in [0.29, 0.717) is 5.95 Å². The van der Waals surface area contributed by atoms with Gasteiger partial charge >= 0.3 is 5.95 Å². The minimum Gasteiger partial charge on any atom is -0.356 e. The molecule has 0 saturated carbocycles. The fraction of sp³-hybridized carbons (Fsp3) is 0.100. The minimum absolute atomic E-state index is 0.477. The second kappa shape index (κ2) is 8.26. The number of aromatic nitrogens is 4. The largest absolute Gasteiger partial charge is 0.421 e. The summed E-state index contributed by atoms with van der Waals surface area (Å²) in [6.07, 6.45) is 7.21. The lowest BCUT2D eigenvalue weighted by atomic mass is 10.2. The monoisotopic (exact) mass is 386 g/mol. The molecule has 0 amide bonds. The number of rotatable bonds is 6. The Morgan fingerprint density at radius 1 is 0.897 bits per heavy atom. The smallest absolute Gasteiger partial charge is 0.356 e. The van der Waals surface area contributed by atoms with Gasteiger partial charge in [-0.3, -0.25) is 0 Å². The van der Waals surface area contributed by atoms with Crippen molar-refractivity contribution in [1.82, 2.24) is 14.5 Å². The molecule has 0 fully saturated rings. The Morgan fingerprint density at radius 2 is 1.52 bits per heavy atom. The van der Waals surface area contributed by atoms with Gasteiger partial charge in [0.2, 0.25) is 5.95 Å². The van der Waals surface area contributed by atoms with Gasteiger partial charge in [-0.05, 0) is 48.5 Å². The van der Waals surface area contributed by atoms with Crippen molar-refractivity contribution in [2.24, 2.45) is 34.6 Å². The van der Waals surface area contributed by atoms with Crippen molar-refractivity contribution in [3.8, 4) is 0 Å². The number of anilines is 2. The van der Waals surface area contributed by atoms with Crippen molar-refractivity contribution in [3.63, 3.8) is 0 Å². The molecule has 29 heavy (non-hydrogen) atoms. The lowest BCUT2D eigenvalue weighted by molar-refractivity contribution is -0.657. The molecule has 2 aromatic carbocycles. The number of benzene rings is 2. The van der Waals surface area contributed by atoms with Crippen molar-refractivity contribution < 1.29 is 4.57 Å². The Kier molecular flexibility index (Phi) is 5.19. The highest BCUT2D eigenvalue weighted by molar-refractivity contribution is 5.63. The number of aromatic amines is 1. The number of nitrogens with zero attached hydrogens (tertiary/aromatic N) is 7. The molecular weight excluding hydrogens is 366 g/mol. The van der Waals surface area contributed by atoms with E-state index in [1.807, 2.05) is 84.2 Å². The first-order valence-corrected chi connectivity index (χ1v) is 8.98. The third-order valence-electron chi connectivity index (χ3n) is 4.17. The molecule has 0 bridgehead atoms. The molecule has 0 saturated heterocycles. The Hall–Kier alpha value is -4.14. The van der Waals surface area contributed by atoms with Crippen LogP contribution >= 0.6 is 0 Å². The van der Waals surface area contributed by atoms with Gasteiger partial charge < -0.3 is 10.3 Å². The summed E-state index contributed by atoms with van der Waals surface area (Å²) in [7, 11) is 3.87. The van der Waals surface area contributed by atoms with Gasteiger partial charge in [-0.2, -0.15) is 0 Å². The normalized spacial score (nSPS) is 11.5. The van der Waals surface area contributed by atoms with E-state index in [1.54, 1.807) is 12.4 Å². The molecule has 0 atom stereocenters. The van der Waals surface area contributed by atoms with Crippen LogP contribution in [-0.2, 0) is 14.1 Å². The zero-order valence-electron chi connectivity index (χ0n) is 16.1. The van der Waals surface area contributed by atoms with Gasteiger partial charge in [0, 0.05) is 28.9 Å². The molecule has 2 aromatic heterocycles. The molecule has 9 nitrogen and oxygen atoms in total. The van der Waals surface area contributed by atoms with E-state index in [1.165, 1.54) is 0 Å². The first kappa shape index (κ1) is 18.2. The molecule has 0 unspecified atom stereocenters. The molecule has 0 spiro atoms. The molecule has 0 aliphatic rings. The third kappa shape index (κ3) is 4.59. The van der Waals surface area contributed by atoms with Crippen LogP contribution < -0.4 is 9.88 Å². The fourth-order valence-electron chi connectivity index (χ4n) is 2.63. The number of imidazole rings is 2. The Balaban J connectivity index is 1.38. The van der Waals surface area contributed by atoms with Crippen LogP contribution in [0.2, 0.25) is 0 Å². The summed E-state index contributed by atoms with van der Waals surface area (Å²) in [4.78, 5) is 6.88. The van der Waals surface area contributed by atoms with Crippen LogP contribution in [-0.4, -0.2) is 14.5 Å². The highest BCUT2D eigenvalue weighted by Gasteiger charge is 2.10. The second-order valence-corrected chi connectivity index (χ2v) is 6.35. The van der Waals surface area contributed by atoms with Crippen LogP contribution in [0.25, 0.3) is 0 Å². The summed E-state index contributed by atoms with van der Waals surface area (Å²) < 4.78 is 3.83. The van der Waals surface area contributed by atoms with E-state index in [0.717, 1.165) is 28.7 Å². The number of azo groups is 2. The molecule has 0 radical (unpaired) electrons. The molecule has 0 aliphatic heterocycles. The van der Waals surface area contributed by atoms with E-state index < -0.39 is 0 Å². The molecule has 4 rings (SSSR count). The predicted octanol–water partition coefficient (Wildman–Crippen LogP) is 5.15. The molecule has 0 aliphatic carbocycles. The zero-order valence-corrected chi connectivity index (χ0v) is 16.1. The maximum atomic E-state index is 4.30. The van der Waals surface area contributed by atoms with E-state index in [4.69, 9.17) is 0 Å². The van der Waals surface area contributed by atoms with Crippen molar-refractivity contribution in [1.29, 1.82) is 0 Å². The van der Waals surface area contributed by atoms with Crippen molar-refractivity contribution in [2.45, 2.75) is 0 Å². The maximum absolute atomic E-state index is 4.30. The van der Waals surface area contributed by atoms with Crippen molar-refractivity contribution in [2.75, 3.05) is 5.32 Å². The summed E-state index contributed by atoms with van der Waals surface area (Å²) in [6, 6.07) is 15.4. The fourth-order valence-corrected chi connectivity index (χ4v) is 2.63. The van der Waals surface area contributed by atoms with Crippen LogP contribution in [0.3, 0.4) is 0 Å². The summed E-state index contributed by atoms with van der Waals surface area (Å²) >= 11 is 0. The average Bonchev–Trinajstić information content (AvgIpc) is 3.37. The minimum atomic E-state index is 0.477. The highest BCUT2D eigenvalue weighted by Crippen LogP contribution is 2.24. The molecule has 2 heterocycles. The number of aryl methyl sites for hydroxylation is 2. The van der Waals surface area contributed by atoms with Gasteiger partial charge in [0.1, 0.15) is 5.69 Å². The SMILES string of the molecule is Cn1cc[n+](C)c1N=Nc1ccc(Nc2ccc(N=Nc3ncc[nH]3)cc2)cc1. The van der Waals surface area contributed by atoms with Crippen LogP contribution in [0.1, 0.15) is 0 Å². The number of hydrogen-bond donors (Lipinski definition) is 2. The lowest BCUT2D eigenvalue weighted by Gasteiger charge is -2.06. The number of H-pyrrole nitrogens is 1. The zero-order chi connectivity index (χ0) is 20.1. The van der Waals surface area contributed by atoms with Crippen LogP contribution in [0.4, 0.5) is 34.6 Å². The summed E-state index contributed by atoms with van der Waals surface area (Å²) in [6.45, 7) is 0.